The van der Waals surface area contributed by atoms with Gasteiger partial charge in [-0.15, -0.1) is 0 Å². The van der Waals surface area contributed by atoms with Crippen LogP contribution in [0.3, 0.4) is 0 Å². The molecule has 2 aliphatic rings. The van der Waals surface area contributed by atoms with E-state index >= 15 is 0 Å². The summed E-state index contributed by atoms with van der Waals surface area (Å²) >= 11 is -2.32. The molecule has 2 aromatic heterocycles. The highest BCUT2D eigenvalue weighted by Gasteiger charge is 2.39. The first-order chi connectivity index (χ1) is 18.4. The summed E-state index contributed by atoms with van der Waals surface area (Å²) in [5, 5.41) is 5.96. The first-order valence-electron chi connectivity index (χ1n) is 13.5. The second kappa shape index (κ2) is 10.9. The van der Waals surface area contributed by atoms with Crippen LogP contribution in [-0.4, -0.2) is 69.7 Å². The average Bonchev–Trinajstić information content (AvgIpc) is 3.21. The number of ether oxygens (including phenoxy) is 2. The molecule has 0 saturated carbocycles. The monoisotopic (exact) mass is 572 g/mol. The van der Waals surface area contributed by atoms with E-state index in [9.17, 15) is 8.76 Å². The van der Waals surface area contributed by atoms with E-state index in [-0.39, 0.29) is 28.9 Å². The lowest BCUT2D eigenvalue weighted by molar-refractivity contribution is -0.0365. The maximum Gasteiger partial charge on any atom is 0.250 e. The molecule has 2 aliphatic heterocycles. The Morgan fingerprint density at radius 3 is 2.59 bits per heavy atom. The van der Waals surface area contributed by atoms with Crippen molar-refractivity contribution in [2.75, 3.05) is 31.7 Å². The molecule has 10 nitrogen and oxygen atoms in total. The Hall–Kier alpha value is -2.38. The Morgan fingerprint density at radius 2 is 1.95 bits per heavy atom. The number of hydrogen-bond acceptors (Lipinski definition) is 9. The highest BCUT2D eigenvalue weighted by atomic mass is 32.2. The summed E-state index contributed by atoms with van der Waals surface area (Å²) in [6.45, 7) is 13.2. The Bertz CT molecular complexity index is 1360. The van der Waals surface area contributed by atoms with Crippen LogP contribution >= 0.6 is 0 Å². The number of fused-ring (bicyclic) bond motifs is 1. The van der Waals surface area contributed by atoms with Crippen LogP contribution < -0.4 is 9.33 Å². The summed E-state index contributed by atoms with van der Waals surface area (Å²) in [4.78, 5) is 11.3. The molecule has 5 rings (SSSR count). The normalized spacial score (nSPS) is 19.8. The molecule has 0 aliphatic carbocycles. The smallest absolute Gasteiger partial charge is 0.250 e. The average molecular weight is 573 g/mol. The van der Waals surface area contributed by atoms with Crippen molar-refractivity contribution in [2.24, 2.45) is 0 Å². The third kappa shape index (κ3) is 5.90. The first kappa shape index (κ1) is 28.2. The van der Waals surface area contributed by atoms with Crippen LogP contribution in [0, 0.1) is 0 Å². The fourth-order valence-corrected chi connectivity index (χ4v) is 6.03. The third-order valence-electron chi connectivity index (χ3n) is 8.04. The molecule has 1 aromatic carbocycles. The lowest BCUT2D eigenvalue weighted by Gasteiger charge is -2.39. The van der Waals surface area contributed by atoms with Crippen LogP contribution in [-0.2, 0) is 26.3 Å². The van der Waals surface area contributed by atoms with Gasteiger partial charge < -0.3 is 23.4 Å². The van der Waals surface area contributed by atoms with E-state index in [0.717, 1.165) is 35.9 Å². The van der Waals surface area contributed by atoms with Crippen molar-refractivity contribution in [3.8, 4) is 17.1 Å². The van der Waals surface area contributed by atoms with Crippen molar-refractivity contribution < 1.29 is 22.7 Å². The summed E-state index contributed by atoms with van der Waals surface area (Å²) in [6, 6.07) is 7.98. The summed E-state index contributed by atoms with van der Waals surface area (Å²) in [7, 11) is -0.389. The van der Waals surface area contributed by atoms with Crippen molar-refractivity contribution in [3.63, 3.8) is 0 Å². The SMILES string of the molecule is COC1CN(c2cc(-c3nn(C4CCCCO4)c4ccc(O[Si](C)(C)C(C)(C)C)cc34)nc(CS(=O)[O-])n2)C1. The van der Waals surface area contributed by atoms with Gasteiger partial charge in [-0.2, -0.15) is 5.10 Å². The van der Waals surface area contributed by atoms with Gasteiger partial charge in [-0.05, 0) is 66.7 Å². The molecule has 2 fully saturated rings. The minimum Gasteiger partial charge on any atom is -0.772 e. The highest BCUT2D eigenvalue weighted by molar-refractivity contribution is 7.78. The van der Waals surface area contributed by atoms with Crippen LogP contribution in [0.5, 0.6) is 5.75 Å². The molecule has 12 heteroatoms. The molecular weight excluding hydrogens is 534 g/mol. The van der Waals surface area contributed by atoms with Gasteiger partial charge in [0.25, 0.3) is 0 Å². The van der Waals surface area contributed by atoms with Gasteiger partial charge in [-0.25, -0.2) is 14.6 Å². The fourth-order valence-electron chi connectivity index (χ4n) is 4.67. The van der Waals surface area contributed by atoms with Gasteiger partial charge in [0.15, 0.2) is 6.23 Å². The summed E-state index contributed by atoms with van der Waals surface area (Å²) in [5.74, 6) is 1.42. The Kier molecular flexibility index (Phi) is 7.86. The Morgan fingerprint density at radius 1 is 1.18 bits per heavy atom. The number of hydrogen-bond donors (Lipinski definition) is 0. The predicted octanol–water partition coefficient (Wildman–Crippen LogP) is 4.79. The first-order valence-corrected chi connectivity index (χ1v) is 17.7. The number of rotatable bonds is 8. The van der Waals surface area contributed by atoms with Crippen molar-refractivity contribution in [1.29, 1.82) is 0 Å². The van der Waals surface area contributed by atoms with Crippen molar-refractivity contribution in [1.82, 2.24) is 19.7 Å². The van der Waals surface area contributed by atoms with E-state index in [2.05, 4.69) is 48.7 Å². The van der Waals surface area contributed by atoms with E-state index < -0.39 is 19.4 Å². The molecule has 2 atom stereocenters. The van der Waals surface area contributed by atoms with E-state index in [4.69, 9.17) is 19.0 Å². The van der Waals surface area contributed by atoms with E-state index in [1.54, 1.807) is 7.11 Å². The van der Waals surface area contributed by atoms with E-state index in [1.165, 1.54) is 0 Å². The molecular formula is C27H38N5O5SSi-. The standard InChI is InChI=1S/C27H39N5O5SSi/c1-27(2,3)39(5,6)37-18-10-11-22-20(13-18)26(30-32(22)25-9-7-8-12-36-25)21-14-24(31-15-19(16-31)35-4)29-23(28-21)17-38(33)34/h10-11,13-14,19,25H,7-9,12,15-17H2,1-6H3,(H,33,34)/p-1. The topological polar surface area (TPSA) is 115 Å². The van der Waals surface area contributed by atoms with Crippen molar-refractivity contribution in [2.45, 2.75) is 76.3 Å². The molecule has 4 heterocycles. The second-order valence-electron chi connectivity index (χ2n) is 11.9. The van der Waals surface area contributed by atoms with Gasteiger partial charge in [0.05, 0.1) is 23.1 Å². The Labute approximate surface area is 233 Å². The quantitative estimate of drug-likeness (QED) is 0.277. The summed E-state index contributed by atoms with van der Waals surface area (Å²) in [5.41, 5.74) is 2.16. The van der Waals surface area contributed by atoms with Gasteiger partial charge in [0.2, 0.25) is 8.32 Å². The Balaban J connectivity index is 1.63. The zero-order valence-corrected chi connectivity index (χ0v) is 25.4. The van der Waals surface area contributed by atoms with Gasteiger partial charge in [-0.3, -0.25) is 4.21 Å². The largest absolute Gasteiger partial charge is 0.772 e. The van der Waals surface area contributed by atoms with Gasteiger partial charge in [-0.1, -0.05) is 20.8 Å². The van der Waals surface area contributed by atoms with Gasteiger partial charge >= 0.3 is 0 Å². The maximum absolute atomic E-state index is 11.6. The molecule has 39 heavy (non-hydrogen) atoms. The number of aromatic nitrogens is 4. The maximum atomic E-state index is 11.6. The van der Waals surface area contributed by atoms with E-state index in [1.807, 2.05) is 28.9 Å². The van der Waals surface area contributed by atoms with Gasteiger partial charge in [0.1, 0.15) is 23.1 Å². The fraction of sp³-hybridized carbons (Fsp3) is 0.593. The highest BCUT2D eigenvalue weighted by Crippen LogP contribution is 2.40. The molecule has 2 saturated heterocycles. The molecule has 3 aromatic rings. The van der Waals surface area contributed by atoms with Crippen LogP contribution in [0.4, 0.5) is 5.82 Å². The van der Waals surface area contributed by atoms with Crippen LogP contribution in [0.15, 0.2) is 24.3 Å². The molecule has 0 bridgehead atoms. The number of benzene rings is 1. The lowest BCUT2D eigenvalue weighted by Crippen LogP contribution is -2.52. The van der Waals surface area contributed by atoms with Crippen LogP contribution in [0.1, 0.15) is 52.1 Å². The second-order valence-corrected chi connectivity index (χ2v) is 17.5. The van der Waals surface area contributed by atoms with Crippen LogP contribution in [0.2, 0.25) is 18.1 Å². The molecule has 212 valence electrons. The summed E-state index contributed by atoms with van der Waals surface area (Å²) in [6.07, 6.45) is 2.94. The lowest BCUT2D eigenvalue weighted by atomic mass is 10.1. The van der Waals surface area contributed by atoms with Crippen molar-refractivity contribution in [3.05, 3.63) is 30.1 Å². The van der Waals surface area contributed by atoms with E-state index in [0.29, 0.717) is 36.9 Å². The molecule has 0 radical (unpaired) electrons. The van der Waals surface area contributed by atoms with Gasteiger partial charge in [0, 0.05) is 38.3 Å². The molecule has 2 unspecified atom stereocenters. The molecule has 0 amide bonds. The number of anilines is 1. The van der Waals surface area contributed by atoms with Crippen molar-refractivity contribution >= 4 is 36.1 Å². The number of methoxy groups -OCH3 is 1. The zero-order valence-electron chi connectivity index (χ0n) is 23.6. The zero-order chi connectivity index (χ0) is 27.9. The predicted molar refractivity (Wildman–Crippen MR) is 153 cm³/mol. The third-order valence-corrected chi connectivity index (χ3v) is 12.9. The summed E-state index contributed by atoms with van der Waals surface area (Å²) < 4.78 is 43.3. The number of nitrogens with zero attached hydrogens (tertiary/aromatic N) is 5. The minimum atomic E-state index is -2.32. The molecule has 0 N–H and O–H groups in total. The van der Waals surface area contributed by atoms with Crippen LogP contribution in [0.25, 0.3) is 22.3 Å². The molecule has 0 spiro atoms. The minimum absolute atomic E-state index is 0.0482.